The molecular weight excluding hydrogens is 641 g/mol. The third kappa shape index (κ3) is 9.12. The topological polar surface area (TPSA) is 86.8 Å². The highest BCUT2D eigenvalue weighted by Gasteiger charge is 2.36. The van der Waals surface area contributed by atoms with Crippen LogP contribution in [0.15, 0.2) is 102 Å². The third-order valence-corrected chi connectivity index (χ3v) is 9.68. The lowest BCUT2D eigenvalue weighted by atomic mass is 10.0. The van der Waals surface area contributed by atoms with E-state index in [1.165, 1.54) is 17.0 Å². The van der Waals surface area contributed by atoms with Crippen LogP contribution in [0.25, 0.3) is 0 Å². The molecule has 0 heterocycles. The second-order valence-corrected chi connectivity index (χ2v) is 15.1. The van der Waals surface area contributed by atoms with E-state index in [0.29, 0.717) is 21.3 Å². The molecule has 1 N–H and O–H groups in total. The first kappa shape index (κ1) is 35.0. The first-order valence-electron chi connectivity index (χ1n) is 14.9. The van der Waals surface area contributed by atoms with Crippen LogP contribution in [0.3, 0.4) is 0 Å². The molecule has 4 rings (SSSR count). The van der Waals surface area contributed by atoms with Gasteiger partial charge < -0.3 is 10.2 Å². The molecule has 0 aliphatic heterocycles. The molecule has 242 valence electrons. The summed E-state index contributed by atoms with van der Waals surface area (Å²) in [5, 5.41) is 3.77. The van der Waals surface area contributed by atoms with Crippen LogP contribution in [0.2, 0.25) is 10.0 Å². The number of amides is 2. The lowest BCUT2D eigenvalue weighted by Crippen LogP contribution is -2.56. The fourth-order valence-corrected chi connectivity index (χ4v) is 6.86. The molecule has 0 bridgehead atoms. The normalized spacial score (nSPS) is 12.3. The molecule has 10 heteroatoms. The fraction of sp³-hybridized carbons (Fsp3) is 0.278. The van der Waals surface area contributed by atoms with Gasteiger partial charge in [0.2, 0.25) is 11.8 Å². The Morgan fingerprint density at radius 3 is 2.11 bits per heavy atom. The number of hydrogen-bond acceptors (Lipinski definition) is 4. The van der Waals surface area contributed by atoms with Gasteiger partial charge in [0.05, 0.1) is 10.6 Å². The molecule has 0 aliphatic rings. The number of benzene rings is 4. The maximum Gasteiger partial charge on any atom is 0.264 e. The van der Waals surface area contributed by atoms with Gasteiger partial charge in [-0.15, -0.1) is 0 Å². The van der Waals surface area contributed by atoms with Crippen molar-refractivity contribution in [3.8, 4) is 0 Å². The number of aryl methyl sites for hydroxylation is 2. The van der Waals surface area contributed by atoms with E-state index in [2.05, 4.69) is 5.32 Å². The van der Waals surface area contributed by atoms with Gasteiger partial charge in [0.15, 0.2) is 0 Å². The summed E-state index contributed by atoms with van der Waals surface area (Å²) in [6.07, 6.45) is 0.189. The maximum atomic E-state index is 14.6. The Hall–Kier alpha value is -3.85. The first-order valence-corrected chi connectivity index (χ1v) is 17.1. The molecule has 4 aromatic rings. The largest absolute Gasteiger partial charge is 0.350 e. The highest BCUT2D eigenvalue weighted by molar-refractivity contribution is 7.92. The van der Waals surface area contributed by atoms with Gasteiger partial charge in [-0.3, -0.25) is 13.9 Å². The van der Waals surface area contributed by atoms with Gasteiger partial charge in [-0.25, -0.2) is 8.42 Å². The summed E-state index contributed by atoms with van der Waals surface area (Å²) < 4.78 is 29.5. The summed E-state index contributed by atoms with van der Waals surface area (Å²) in [6.45, 7) is 8.69. The average Bonchev–Trinajstić information content (AvgIpc) is 2.98. The second kappa shape index (κ2) is 14.7. The van der Waals surface area contributed by atoms with Gasteiger partial charge in [-0.05, 0) is 87.7 Å². The quantitative estimate of drug-likeness (QED) is 0.179. The van der Waals surface area contributed by atoms with Crippen LogP contribution in [-0.2, 0) is 32.6 Å². The molecule has 7 nitrogen and oxygen atoms in total. The lowest BCUT2D eigenvalue weighted by Gasteiger charge is -2.35. The molecular formula is C36H39Cl2N3O4S. The van der Waals surface area contributed by atoms with E-state index in [1.807, 2.05) is 71.0 Å². The van der Waals surface area contributed by atoms with Crippen LogP contribution < -0.4 is 9.62 Å². The van der Waals surface area contributed by atoms with Crippen molar-refractivity contribution in [3.05, 3.63) is 129 Å². The zero-order valence-corrected chi connectivity index (χ0v) is 29.0. The monoisotopic (exact) mass is 679 g/mol. The second-order valence-electron chi connectivity index (χ2n) is 12.4. The minimum Gasteiger partial charge on any atom is -0.350 e. The van der Waals surface area contributed by atoms with Crippen molar-refractivity contribution in [1.82, 2.24) is 10.2 Å². The van der Waals surface area contributed by atoms with E-state index in [4.69, 9.17) is 23.2 Å². The number of carbonyl (C=O) groups excluding carboxylic acids is 2. The van der Waals surface area contributed by atoms with Crippen LogP contribution >= 0.6 is 23.2 Å². The summed E-state index contributed by atoms with van der Waals surface area (Å²) in [5.74, 6) is -0.952. The zero-order chi connectivity index (χ0) is 33.6. The lowest BCUT2D eigenvalue weighted by molar-refractivity contribution is -0.140. The van der Waals surface area contributed by atoms with Crippen molar-refractivity contribution in [1.29, 1.82) is 0 Å². The number of nitrogens with one attached hydrogen (secondary N) is 1. The Morgan fingerprint density at radius 2 is 1.50 bits per heavy atom. The van der Waals surface area contributed by atoms with Gasteiger partial charge in [-0.2, -0.15) is 0 Å². The number of carbonyl (C=O) groups is 2. The smallest absolute Gasteiger partial charge is 0.264 e. The molecule has 0 spiro atoms. The molecule has 0 radical (unpaired) electrons. The van der Waals surface area contributed by atoms with Crippen LogP contribution in [-0.4, -0.2) is 43.3 Å². The van der Waals surface area contributed by atoms with Crippen molar-refractivity contribution < 1.29 is 18.0 Å². The molecule has 0 saturated carbocycles. The molecule has 4 aromatic carbocycles. The molecule has 46 heavy (non-hydrogen) atoms. The number of hydrogen-bond donors (Lipinski definition) is 1. The highest BCUT2D eigenvalue weighted by Crippen LogP contribution is 2.28. The molecule has 1 atom stereocenters. The van der Waals surface area contributed by atoms with Crippen LogP contribution in [0.4, 0.5) is 5.69 Å². The maximum absolute atomic E-state index is 14.6. The van der Waals surface area contributed by atoms with E-state index in [1.54, 1.807) is 48.5 Å². The van der Waals surface area contributed by atoms with Gasteiger partial charge >= 0.3 is 0 Å². The summed E-state index contributed by atoms with van der Waals surface area (Å²) in [5.41, 5.74) is 2.85. The summed E-state index contributed by atoms with van der Waals surface area (Å²) in [7, 11) is -4.19. The molecule has 0 unspecified atom stereocenters. The molecule has 0 saturated heterocycles. The SMILES string of the molecule is Cc1ccc(S(=O)(=O)N(CC(=O)N(Cc2ccc(Cl)cc2Cl)[C@H](Cc2ccccc2)C(=O)NC(C)(C)C)c2cccc(C)c2)cc1. The highest BCUT2D eigenvalue weighted by atomic mass is 35.5. The molecule has 0 aromatic heterocycles. The van der Waals surface area contributed by atoms with Crippen molar-refractivity contribution in [2.75, 3.05) is 10.8 Å². The van der Waals surface area contributed by atoms with E-state index < -0.39 is 34.1 Å². The summed E-state index contributed by atoms with van der Waals surface area (Å²) in [4.78, 5) is 30.1. The number of halogens is 2. The minimum atomic E-state index is -4.19. The van der Waals surface area contributed by atoms with Gasteiger partial charge in [0.25, 0.3) is 10.0 Å². The number of sulfonamides is 1. The first-order chi connectivity index (χ1) is 21.6. The van der Waals surface area contributed by atoms with Crippen LogP contribution in [0, 0.1) is 13.8 Å². The number of rotatable bonds is 11. The zero-order valence-electron chi connectivity index (χ0n) is 26.6. The summed E-state index contributed by atoms with van der Waals surface area (Å²) >= 11 is 12.8. The Morgan fingerprint density at radius 1 is 0.826 bits per heavy atom. The fourth-order valence-electron chi connectivity index (χ4n) is 4.99. The Bertz CT molecular complexity index is 1790. The predicted molar refractivity (Wildman–Crippen MR) is 186 cm³/mol. The standard InChI is InChI=1S/C36H39Cl2N3O4S/c1-25-14-18-31(19-15-25)46(44,45)41(30-13-9-10-26(2)20-30)24-34(42)40(23-28-16-17-29(37)22-32(28)38)33(35(43)39-36(3,4)5)21-27-11-7-6-8-12-27/h6-20,22,33H,21,23-24H2,1-5H3,(H,39,43)/t33-/m1/s1. The van der Waals surface area contributed by atoms with Crippen molar-refractivity contribution in [2.24, 2.45) is 0 Å². The van der Waals surface area contributed by atoms with E-state index in [-0.39, 0.29) is 23.8 Å². The predicted octanol–water partition coefficient (Wildman–Crippen LogP) is 7.36. The number of anilines is 1. The van der Waals surface area contributed by atoms with Gasteiger partial charge in [0.1, 0.15) is 12.6 Å². The van der Waals surface area contributed by atoms with Crippen molar-refractivity contribution >= 4 is 50.7 Å². The van der Waals surface area contributed by atoms with Crippen molar-refractivity contribution in [2.45, 2.75) is 64.1 Å². The average molecular weight is 681 g/mol. The Balaban J connectivity index is 1.84. The minimum absolute atomic E-state index is 0.0472. The molecule has 2 amide bonds. The van der Waals surface area contributed by atoms with Gasteiger partial charge in [-0.1, -0.05) is 89.4 Å². The Kier molecular flexibility index (Phi) is 11.2. The molecule has 0 fully saturated rings. The Labute approximate surface area is 282 Å². The number of nitrogens with zero attached hydrogens (tertiary/aromatic N) is 2. The van der Waals surface area contributed by atoms with Crippen molar-refractivity contribution in [3.63, 3.8) is 0 Å². The summed E-state index contributed by atoms with van der Waals surface area (Å²) in [6, 6.07) is 26.8. The van der Waals surface area contributed by atoms with Gasteiger partial charge in [0, 0.05) is 28.5 Å². The third-order valence-electron chi connectivity index (χ3n) is 7.30. The molecule has 0 aliphatic carbocycles. The van der Waals surface area contributed by atoms with E-state index in [9.17, 15) is 18.0 Å². The van der Waals surface area contributed by atoms with E-state index >= 15 is 0 Å². The van der Waals surface area contributed by atoms with Crippen LogP contribution in [0.1, 0.15) is 43.0 Å². The van der Waals surface area contributed by atoms with E-state index in [0.717, 1.165) is 21.0 Å². The van der Waals surface area contributed by atoms with Crippen LogP contribution in [0.5, 0.6) is 0 Å².